The van der Waals surface area contributed by atoms with Gasteiger partial charge in [-0.25, -0.2) is 0 Å². The molecule has 1 aromatic heterocycles. The lowest BCUT2D eigenvalue weighted by Gasteiger charge is -2.15. The molecular formula is C19H19NO. The molecule has 0 amide bonds. The van der Waals surface area contributed by atoms with Crippen molar-refractivity contribution >= 4 is 10.9 Å². The molecule has 0 saturated heterocycles. The topological polar surface area (TPSA) is 32.9 Å². The minimum absolute atomic E-state index is 0.110. The number of hydrogen-bond donors (Lipinski definition) is 1. The van der Waals surface area contributed by atoms with Gasteiger partial charge in [0.25, 0.3) is 0 Å². The summed E-state index contributed by atoms with van der Waals surface area (Å²) in [7, 11) is 0. The normalized spacial score (nSPS) is 11.0. The highest BCUT2D eigenvalue weighted by Crippen LogP contribution is 2.29. The van der Waals surface area contributed by atoms with E-state index in [0.717, 1.165) is 27.7 Å². The second kappa shape index (κ2) is 4.88. The molecule has 106 valence electrons. The number of pyridine rings is 1. The minimum Gasteiger partial charge on any atom is -0.354 e. The lowest BCUT2D eigenvalue weighted by molar-refractivity contribution is 1.25. The van der Waals surface area contributed by atoms with E-state index in [0.29, 0.717) is 0 Å². The van der Waals surface area contributed by atoms with Gasteiger partial charge in [-0.3, -0.25) is 4.79 Å². The SMILES string of the molecule is Cc1cc(C)c(-c2[nH]c3ccccc3c(=O)c2C)c(C)c1. The molecule has 2 aromatic carbocycles. The van der Waals surface area contributed by atoms with Gasteiger partial charge in [0.05, 0.1) is 5.69 Å². The Morgan fingerprint density at radius 3 is 2.19 bits per heavy atom. The summed E-state index contributed by atoms with van der Waals surface area (Å²) in [6.07, 6.45) is 0. The summed E-state index contributed by atoms with van der Waals surface area (Å²) < 4.78 is 0. The zero-order valence-corrected chi connectivity index (χ0v) is 12.9. The molecule has 0 radical (unpaired) electrons. The molecule has 0 spiro atoms. The van der Waals surface area contributed by atoms with Gasteiger partial charge < -0.3 is 4.98 Å². The maximum Gasteiger partial charge on any atom is 0.192 e. The highest BCUT2D eigenvalue weighted by Gasteiger charge is 2.13. The van der Waals surface area contributed by atoms with Gasteiger partial charge in [-0.05, 0) is 51.0 Å². The van der Waals surface area contributed by atoms with Crippen LogP contribution in [-0.4, -0.2) is 4.98 Å². The van der Waals surface area contributed by atoms with Crippen LogP contribution in [0.5, 0.6) is 0 Å². The highest BCUT2D eigenvalue weighted by atomic mass is 16.1. The van der Waals surface area contributed by atoms with Crippen LogP contribution in [0.4, 0.5) is 0 Å². The Balaban J connectivity index is 2.42. The van der Waals surface area contributed by atoms with Gasteiger partial charge in [0, 0.05) is 22.0 Å². The Morgan fingerprint density at radius 2 is 1.52 bits per heavy atom. The fourth-order valence-corrected chi connectivity index (χ4v) is 3.16. The maximum absolute atomic E-state index is 12.6. The maximum atomic E-state index is 12.6. The third-order valence-electron chi connectivity index (χ3n) is 4.07. The Kier molecular flexibility index (Phi) is 3.17. The number of rotatable bonds is 1. The second-order valence-electron chi connectivity index (χ2n) is 5.77. The quantitative estimate of drug-likeness (QED) is 0.701. The molecule has 1 N–H and O–H groups in total. The van der Waals surface area contributed by atoms with Crippen LogP contribution in [0.3, 0.4) is 0 Å². The number of hydrogen-bond acceptors (Lipinski definition) is 1. The minimum atomic E-state index is 0.110. The summed E-state index contributed by atoms with van der Waals surface area (Å²) in [6, 6.07) is 12.0. The predicted molar refractivity (Wildman–Crippen MR) is 89.0 cm³/mol. The van der Waals surface area contributed by atoms with E-state index < -0.39 is 0 Å². The van der Waals surface area contributed by atoms with Crippen LogP contribution in [-0.2, 0) is 0 Å². The number of benzene rings is 2. The largest absolute Gasteiger partial charge is 0.354 e. The van der Waals surface area contributed by atoms with Crippen LogP contribution in [0, 0.1) is 27.7 Å². The molecule has 0 saturated carbocycles. The van der Waals surface area contributed by atoms with Crippen molar-refractivity contribution in [3.63, 3.8) is 0 Å². The predicted octanol–water partition coefficient (Wildman–Crippen LogP) is 4.43. The van der Waals surface area contributed by atoms with Gasteiger partial charge in [0.15, 0.2) is 5.43 Å². The molecule has 2 heteroatoms. The summed E-state index contributed by atoms with van der Waals surface area (Å²) in [6.45, 7) is 8.20. The number of fused-ring (bicyclic) bond motifs is 1. The van der Waals surface area contributed by atoms with Gasteiger partial charge >= 0.3 is 0 Å². The van der Waals surface area contributed by atoms with Crippen molar-refractivity contribution in [1.82, 2.24) is 4.98 Å². The molecule has 0 unspecified atom stereocenters. The molecule has 0 bridgehead atoms. The summed E-state index contributed by atoms with van der Waals surface area (Å²) >= 11 is 0. The molecular weight excluding hydrogens is 258 g/mol. The second-order valence-corrected chi connectivity index (χ2v) is 5.77. The molecule has 0 atom stereocenters. The van der Waals surface area contributed by atoms with E-state index in [1.54, 1.807) is 0 Å². The van der Waals surface area contributed by atoms with Crippen molar-refractivity contribution in [2.45, 2.75) is 27.7 Å². The molecule has 3 aromatic rings. The van der Waals surface area contributed by atoms with Crippen LogP contribution in [0.1, 0.15) is 22.3 Å². The van der Waals surface area contributed by atoms with E-state index in [1.165, 1.54) is 16.7 Å². The molecule has 0 aliphatic heterocycles. The summed E-state index contributed by atoms with van der Waals surface area (Å²) in [5, 5.41) is 0.751. The number of H-pyrrole nitrogens is 1. The average Bonchev–Trinajstić information content (AvgIpc) is 2.43. The molecule has 21 heavy (non-hydrogen) atoms. The van der Waals surface area contributed by atoms with Crippen molar-refractivity contribution in [3.05, 3.63) is 68.9 Å². The van der Waals surface area contributed by atoms with Crippen LogP contribution >= 0.6 is 0 Å². The van der Waals surface area contributed by atoms with Gasteiger partial charge in [0.2, 0.25) is 0 Å². The van der Waals surface area contributed by atoms with Crippen LogP contribution in [0.2, 0.25) is 0 Å². The van der Waals surface area contributed by atoms with E-state index >= 15 is 0 Å². The van der Waals surface area contributed by atoms with Crippen molar-refractivity contribution in [1.29, 1.82) is 0 Å². The number of para-hydroxylation sites is 1. The fraction of sp³-hybridized carbons (Fsp3) is 0.211. The van der Waals surface area contributed by atoms with Gasteiger partial charge in [-0.1, -0.05) is 29.8 Å². The first kappa shape index (κ1) is 13.6. The van der Waals surface area contributed by atoms with Gasteiger partial charge in [0.1, 0.15) is 0 Å². The first-order valence-corrected chi connectivity index (χ1v) is 7.19. The zero-order valence-electron chi connectivity index (χ0n) is 12.9. The number of aromatic nitrogens is 1. The van der Waals surface area contributed by atoms with E-state index in [2.05, 4.69) is 37.9 Å². The Labute approximate surface area is 124 Å². The molecule has 0 aliphatic carbocycles. The third kappa shape index (κ3) is 2.17. The fourth-order valence-electron chi connectivity index (χ4n) is 3.16. The monoisotopic (exact) mass is 277 g/mol. The van der Waals surface area contributed by atoms with Gasteiger partial charge in [-0.15, -0.1) is 0 Å². The smallest absolute Gasteiger partial charge is 0.192 e. The zero-order chi connectivity index (χ0) is 15.1. The molecule has 0 aliphatic rings. The number of aromatic amines is 1. The van der Waals surface area contributed by atoms with Gasteiger partial charge in [-0.2, -0.15) is 0 Å². The Bertz CT molecular complexity index is 880. The van der Waals surface area contributed by atoms with Crippen molar-refractivity contribution < 1.29 is 0 Å². The number of nitrogens with one attached hydrogen (secondary N) is 1. The van der Waals surface area contributed by atoms with E-state index in [9.17, 15) is 4.79 Å². The van der Waals surface area contributed by atoms with Crippen LogP contribution in [0.15, 0.2) is 41.2 Å². The first-order valence-electron chi connectivity index (χ1n) is 7.19. The summed E-state index contributed by atoms with van der Waals surface area (Å²) in [5.41, 5.74) is 7.50. The van der Waals surface area contributed by atoms with Crippen molar-refractivity contribution in [3.8, 4) is 11.3 Å². The van der Waals surface area contributed by atoms with E-state index in [-0.39, 0.29) is 5.43 Å². The molecule has 3 rings (SSSR count). The lowest BCUT2D eigenvalue weighted by Crippen LogP contribution is -2.10. The van der Waals surface area contributed by atoms with Crippen LogP contribution in [0.25, 0.3) is 22.2 Å². The standard InChI is InChI=1S/C19H19NO/c1-11-9-12(2)17(13(3)10-11)18-14(4)19(21)15-7-5-6-8-16(15)20-18/h5-10H,1-4H3,(H,20,21). The Hall–Kier alpha value is -2.35. The summed E-state index contributed by atoms with van der Waals surface area (Å²) in [4.78, 5) is 16.0. The van der Waals surface area contributed by atoms with E-state index in [1.807, 2.05) is 31.2 Å². The summed E-state index contributed by atoms with van der Waals surface area (Å²) in [5.74, 6) is 0. The Morgan fingerprint density at radius 1 is 0.905 bits per heavy atom. The molecule has 2 nitrogen and oxygen atoms in total. The van der Waals surface area contributed by atoms with E-state index in [4.69, 9.17) is 0 Å². The average molecular weight is 277 g/mol. The molecule has 1 heterocycles. The van der Waals surface area contributed by atoms with Crippen LogP contribution < -0.4 is 5.43 Å². The highest BCUT2D eigenvalue weighted by molar-refractivity contribution is 5.84. The lowest BCUT2D eigenvalue weighted by atomic mass is 9.94. The third-order valence-corrected chi connectivity index (χ3v) is 4.07. The van der Waals surface area contributed by atoms with Crippen molar-refractivity contribution in [2.24, 2.45) is 0 Å². The first-order chi connectivity index (χ1) is 9.99. The molecule has 0 fully saturated rings. The number of aryl methyl sites for hydroxylation is 3. The van der Waals surface area contributed by atoms with Crippen molar-refractivity contribution in [2.75, 3.05) is 0 Å².